The topological polar surface area (TPSA) is 68.8 Å². The van der Waals surface area contributed by atoms with Gasteiger partial charge in [-0.05, 0) is 75.9 Å². The number of amides is 2. The number of nitrogens with zero attached hydrogens (tertiary/aromatic N) is 4. The Morgan fingerprint density at radius 3 is 2.47 bits per heavy atom. The maximum Gasteiger partial charge on any atom is 0.231 e. The third-order valence-corrected chi connectivity index (χ3v) is 8.55. The molecule has 1 atom stereocenters. The van der Waals surface area contributed by atoms with Crippen LogP contribution in [-0.2, 0) is 16.1 Å². The van der Waals surface area contributed by atoms with Crippen LogP contribution in [0.1, 0.15) is 49.6 Å². The van der Waals surface area contributed by atoms with E-state index in [1.807, 2.05) is 19.1 Å². The predicted molar refractivity (Wildman–Crippen MR) is 138 cm³/mol. The standard InChI is InChI=1S/C26H35N5O2S/c1-18-9-13-29(14-10-18)17-23-19(2)27-26(34-23)28-25(33)20-15-24(32)31(16-20)22-7-5-21(6-8-22)30-11-3-4-12-30/h5-8,18,20H,3-4,9-17H2,1-2H3,(H,27,28,33). The van der Waals surface area contributed by atoms with Crippen LogP contribution >= 0.6 is 11.3 Å². The fourth-order valence-corrected chi connectivity index (χ4v) is 6.22. The number of rotatable bonds is 6. The Labute approximate surface area is 206 Å². The molecule has 3 fully saturated rings. The van der Waals surface area contributed by atoms with Crippen LogP contribution in [-0.4, -0.2) is 54.4 Å². The maximum atomic E-state index is 13.0. The van der Waals surface area contributed by atoms with Crippen LogP contribution in [0.3, 0.4) is 0 Å². The highest BCUT2D eigenvalue weighted by molar-refractivity contribution is 7.15. The van der Waals surface area contributed by atoms with Crippen molar-refractivity contribution in [3.63, 3.8) is 0 Å². The van der Waals surface area contributed by atoms with E-state index in [0.717, 1.165) is 50.0 Å². The number of carbonyl (C=O) groups is 2. The molecule has 1 aromatic heterocycles. The number of likely N-dealkylation sites (tertiary alicyclic amines) is 1. The van der Waals surface area contributed by atoms with Gasteiger partial charge in [0.1, 0.15) is 0 Å². The summed E-state index contributed by atoms with van der Waals surface area (Å²) in [6, 6.07) is 8.18. The van der Waals surface area contributed by atoms with Gasteiger partial charge in [-0.15, -0.1) is 11.3 Å². The zero-order chi connectivity index (χ0) is 23.7. The van der Waals surface area contributed by atoms with E-state index in [1.54, 1.807) is 16.2 Å². The molecule has 4 heterocycles. The number of aromatic nitrogens is 1. The first kappa shape index (κ1) is 23.3. The zero-order valence-electron chi connectivity index (χ0n) is 20.3. The van der Waals surface area contributed by atoms with E-state index >= 15 is 0 Å². The molecular formula is C26H35N5O2S. The van der Waals surface area contributed by atoms with Gasteiger partial charge >= 0.3 is 0 Å². The summed E-state index contributed by atoms with van der Waals surface area (Å²) in [6.45, 7) is 10.1. The molecule has 182 valence electrons. The minimum Gasteiger partial charge on any atom is -0.372 e. The molecule has 0 aliphatic carbocycles. The number of nitrogens with one attached hydrogen (secondary N) is 1. The van der Waals surface area contributed by atoms with Crippen LogP contribution in [0.15, 0.2) is 24.3 Å². The van der Waals surface area contributed by atoms with Crippen LogP contribution in [0.2, 0.25) is 0 Å². The zero-order valence-corrected chi connectivity index (χ0v) is 21.1. The molecule has 2 amide bonds. The van der Waals surface area contributed by atoms with Crippen LogP contribution in [0, 0.1) is 18.8 Å². The molecule has 0 spiro atoms. The first-order chi connectivity index (χ1) is 16.5. The number of piperidine rings is 1. The smallest absolute Gasteiger partial charge is 0.231 e. The van der Waals surface area contributed by atoms with Crippen molar-refractivity contribution >= 4 is 39.7 Å². The molecule has 8 heteroatoms. The normalized spacial score (nSPS) is 22.1. The summed E-state index contributed by atoms with van der Waals surface area (Å²) in [6.07, 6.45) is 5.20. The highest BCUT2D eigenvalue weighted by Gasteiger charge is 2.35. The van der Waals surface area contributed by atoms with Crippen LogP contribution in [0.25, 0.3) is 0 Å². The van der Waals surface area contributed by atoms with Gasteiger partial charge in [0.25, 0.3) is 0 Å². The monoisotopic (exact) mass is 481 g/mol. The van der Waals surface area contributed by atoms with Gasteiger partial charge in [-0.3, -0.25) is 14.5 Å². The van der Waals surface area contributed by atoms with E-state index in [9.17, 15) is 9.59 Å². The summed E-state index contributed by atoms with van der Waals surface area (Å²) in [5.41, 5.74) is 3.06. The van der Waals surface area contributed by atoms with Gasteiger partial charge in [0.15, 0.2) is 5.13 Å². The summed E-state index contributed by atoms with van der Waals surface area (Å²) in [5, 5.41) is 3.63. The molecule has 34 heavy (non-hydrogen) atoms. The molecule has 1 N–H and O–H groups in total. The number of carbonyl (C=O) groups excluding carboxylic acids is 2. The van der Waals surface area contributed by atoms with Gasteiger partial charge in [-0.25, -0.2) is 4.98 Å². The van der Waals surface area contributed by atoms with Crippen molar-refractivity contribution in [2.45, 2.75) is 52.5 Å². The average Bonchev–Trinajstić information content (AvgIpc) is 3.57. The summed E-state index contributed by atoms with van der Waals surface area (Å²) in [5.74, 6) is 0.341. The number of hydrogen-bond donors (Lipinski definition) is 1. The van der Waals surface area contributed by atoms with Gasteiger partial charge in [0, 0.05) is 48.9 Å². The Bertz CT molecular complexity index is 1020. The summed E-state index contributed by atoms with van der Waals surface area (Å²) in [4.78, 5) is 38.1. The lowest BCUT2D eigenvalue weighted by molar-refractivity contribution is -0.122. The minimum atomic E-state index is -0.359. The molecule has 0 radical (unpaired) electrons. The molecule has 0 bridgehead atoms. The second-order valence-electron chi connectivity index (χ2n) is 10.1. The molecule has 0 saturated carbocycles. The molecule has 7 nitrogen and oxygen atoms in total. The minimum absolute atomic E-state index is 0.00408. The Kier molecular flexibility index (Phi) is 6.88. The van der Waals surface area contributed by atoms with Crippen molar-refractivity contribution < 1.29 is 9.59 Å². The number of hydrogen-bond acceptors (Lipinski definition) is 6. The van der Waals surface area contributed by atoms with Gasteiger partial charge < -0.3 is 15.1 Å². The molecule has 1 unspecified atom stereocenters. The second kappa shape index (κ2) is 10.0. The van der Waals surface area contributed by atoms with E-state index in [4.69, 9.17) is 0 Å². The maximum absolute atomic E-state index is 13.0. The lowest BCUT2D eigenvalue weighted by Crippen LogP contribution is -2.32. The van der Waals surface area contributed by atoms with Crippen LogP contribution < -0.4 is 15.1 Å². The van der Waals surface area contributed by atoms with Gasteiger partial charge in [0.05, 0.1) is 11.6 Å². The molecule has 2 aromatic rings. The quantitative estimate of drug-likeness (QED) is 0.667. The summed E-state index contributed by atoms with van der Waals surface area (Å²) >= 11 is 1.56. The van der Waals surface area contributed by atoms with E-state index in [-0.39, 0.29) is 24.2 Å². The summed E-state index contributed by atoms with van der Waals surface area (Å²) < 4.78 is 0. The molecule has 5 rings (SSSR count). The molecule has 1 aromatic carbocycles. The SMILES string of the molecule is Cc1nc(NC(=O)C2CC(=O)N(c3ccc(N4CCCC4)cc3)C2)sc1CN1CCC(C)CC1. The third-order valence-electron chi connectivity index (χ3n) is 7.49. The number of thiazole rings is 1. The van der Waals surface area contributed by atoms with Crippen LogP contribution in [0.4, 0.5) is 16.5 Å². The van der Waals surface area contributed by atoms with Crippen molar-refractivity contribution in [3.8, 4) is 0 Å². The number of anilines is 3. The van der Waals surface area contributed by atoms with E-state index in [1.165, 1.54) is 36.2 Å². The molecule has 3 aliphatic heterocycles. The third kappa shape index (κ3) is 5.13. The lowest BCUT2D eigenvalue weighted by atomic mass is 9.99. The lowest BCUT2D eigenvalue weighted by Gasteiger charge is -2.29. The molecular weight excluding hydrogens is 446 g/mol. The Balaban J connectivity index is 1.18. The van der Waals surface area contributed by atoms with Crippen LogP contribution in [0.5, 0.6) is 0 Å². The van der Waals surface area contributed by atoms with E-state index in [0.29, 0.717) is 11.7 Å². The highest BCUT2D eigenvalue weighted by atomic mass is 32.1. The van der Waals surface area contributed by atoms with Crippen molar-refractivity contribution in [3.05, 3.63) is 34.8 Å². The highest BCUT2D eigenvalue weighted by Crippen LogP contribution is 2.30. The van der Waals surface area contributed by atoms with Gasteiger partial charge in [-0.1, -0.05) is 6.92 Å². The predicted octanol–water partition coefficient (Wildman–Crippen LogP) is 4.28. The second-order valence-corrected chi connectivity index (χ2v) is 11.2. The first-order valence-corrected chi connectivity index (χ1v) is 13.4. The van der Waals surface area contributed by atoms with E-state index < -0.39 is 0 Å². The van der Waals surface area contributed by atoms with Crippen molar-refractivity contribution in [1.82, 2.24) is 9.88 Å². The Hall–Kier alpha value is -2.45. The number of aryl methyl sites for hydroxylation is 1. The Morgan fingerprint density at radius 1 is 1.09 bits per heavy atom. The summed E-state index contributed by atoms with van der Waals surface area (Å²) in [7, 11) is 0. The van der Waals surface area contributed by atoms with Crippen molar-refractivity contribution in [2.24, 2.45) is 11.8 Å². The Morgan fingerprint density at radius 2 is 1.76 bits per heavy atom. The van der Waals surface area contributed by atoms with Crippen molar-refractivity contribution in [2.75, 3.05) is 47.8 Å². The van der Waals surface area contributed by atoms with Gasteiger partial charge in [-0.2, -0.15) is 0 Å². The number of benzene rings is 1. The average molecular weight is 482 g/mol. The molecule has 3 aliphatic rings. The fourth-order valence-electron chi connectivity index (χ4n) is 5.21. The molecule has 3 saturated heterocycles. The van der Waals surface area contributed by atoms with E-state index in [2.05, 4.69) is 39.2 Å². The van der Waals surface area contributed by atoms with Crippen molar-refractivity contribution in [1.29, 1.82) is 0 Å². The first-order valence-electron chi connectivity index (χ1n) is 12.6. The van der Waals surface area contributed by atoms with Gasteiger partial charge in [0.2, 0.25) is 11.8 Å². The fraction of sp³-hybridized carbons (Fsp3) is 0.577. The largest absolute Gasteiger partial charge is 0.372 e.